The summed E-state index contributed by atoms with van der Waals surface area (Å²) in [5, 5.41) is 3.88. The molecule has 1 amide bonds. The van der Waals surface area contributed by atoms with Gasteiger partial charge in [0.2, 0.25) is 0 Å². The van der Waals surface area contributed by atoms with Crippen LogP contribution < -0.4 is 0 Å². The third-order valence-corrected chi connectivity index (χ3v) is 3.91. The van der Waals surface area contributed by atoms with Crippen LogP contribution in [0.5, 0.6) is 0 Å². The van der Waals surface area contributed by atoms with Crippen molar-refractivity contribution in [3.05, 3.63) is 52.7 Å². The monoisotopic (exact) mass is 288 g/mol. The highest BCUT2D eigenvalue weighted by atomic mass is 19.1. The molecule has 5 heteroatoms. The van der Waals surface area contributed by atoms with E-state index < -0.39 is 0 Å². The molecule has 2 aromatic rings. The Morgan fingerprint density at radius 1 is 1.38 bits per heavy atom. The van der Waals surface area contributed by atoms with E-state index in [4.69, 9.17) is 4.52 Å². The zero-order chi connectivity index (χ0) is 15.0. The van der Waals surface area contributed by atoms with Crippen LogP contribution in [0.4, 0.5) is 4.39 Å². The molecule has 3 rings (SSSR count). The molecule has 110 valence electrons. The van der Waals surface area contributed by atoms with Gasteiger partial charge in [-0.2, -0.15) is 0 Å². The summed E-state index contributed by atoms with van der Waals surface area (Å²) in [7, 11) is 0. The molecule has 0 N–H and O–H groups in total. The van der Waals surface area contributed by atoms with Crippen molar-refractivity contribution < 1.29 is 13.7 Å². The number of hydrogen-bond acceptors (Lipinski definition) is 3. The molecule has 4 nitrogen and oxygen atoms in total. The zero-order valence-corrected chi connectivity index (χ0v) is 12.1. The lowest BCUT2D eigenvalue weighted by molar-refractivity contribution is 0.0714. The summed E-state index contributed by atoms with van der Waals surface area (Å²) < 4.78 is 18.9. The van der Waals surface area contributed by atoms with Crippen LogP contribution in [0.2, 0.25) is 0 Å². The fourth-order valence-corrected chi connectivity index (χ4v) is 2.74. The standard InChI is InChI=1S/C16H17FN2O2/c1-10-5-6-12(9-13(10)17)16(20)19-7-3-4-14(19)15-8-11(2)18-21-15/h5-6,8-9,14H,3-4,7H2,1-2H3. The van der Waals surface area contributed by atoms with E-state index in [1.165, 1.54) is 6.07 Å². The Kier molecular flexibility index (Phi) is 3.49. The van der Waals surface area contributed by atoms with E-state index >= 15 is 0 Å². The first kappa shape index (κ1) is 13.8. The number of hydrogen-bond donors (Lipinski definition) is 0. The maximum atomic E-state index is 13.7. The van der Waals surface area contributed by atoms with Crippen LogP contribution in [0.3, 0.4) is 0 Å². The quantitative estimate of drug-likeness (QED) is 0.850. The second-order valence-electron chi connectivity index (χ2n) is 5.49. The first-order valence-corrected chi connectivity index (χ1v) is 7.06. The molecule has 0 radical (unpaired) electrons. The van der Waals surface area contributed by atoms with Crippen molar-refractivity contribution in [2.24, 2.45) is 0 Å². The van der Waals surface area contributed by atoms with Crippen LogP contribution in [-0.4, -0.2) is 22.5 Å². The van der Waals surface area contributed by atoms with Gasteiger partial charge in [0.25, 0.3) is 5.91 Å². The van der Waals surface area contributed by atoms with Gasteiger partial charge in [-0.25, -0.2) is 4.39 Å². The van der Waals surface area contributed by atoms with Crippen molar-refractivity contribution in [3.8, 4) is 0 Å². The van der Waals surface area contributed by atoms with Crippen molar-refractivity contribution in [3.63, 3.8) is 0 Å². The Morgan fingerprint density at radius 3 is 2.86 bits per heavy atom. The van der Waals surface area contributed by atoms with Gasteiger partial charge in [0.1, 0.15) is 5.82 Å². The van der Waals surface area contributed by atoms with Crippen molar-refractivity contribution in [2.75, 3.05) is 6.54 Å². The summed E-state index contributed by atoms with van der Waals surface area (Å²) in [6.07, 6.45) is 1.75. The van der Waals surface area contributed by atoms with Gasteiger partial charge in [-0.3, -0.25) is 4.79 Å². The number of aryl methyl sites for hydroxylation is 2. The largest absolute Gasteiger partial charge is 0.359 e. The average Bonchev–Trinajstić information content (AvgIpc) is 3.09. The van der Waals surface area contributed by atoms with Crippen LogP contribution in [0.1, 0.15) is 46.3 Å². The maximum Gasteiger partial charge on any atom is 0.254 e. The summed E-state index contributed by atoms with van der Waals surface area (Å²) in [6.45, 7) is 4.18. The van der Waals surface area contributed by atoms with Crippen LogP contribution in [-0.2, 0) is 0 Å². The van der Waals surface area contributed by atoms with Crippen LogP contribution in [0, 0.1) is 19.7 Å². The van der Waals surface area contributed by atoms with E-state index in [0.717, 1.165) is 18.5 Å². The smallest absolute Gasteiger partial charge is 0.254 e. The van der Waals surface area contributed by atoms with Crippen molar-refractivity contribution >= 4 is 5.91 Å². The average molecular weight is 288 g/mol. The molecule has 21 heavy (non-hydrogen) atoms. The molecule has 1 aromatic heterocycles. The highest BCUT2D eigenvalue weighted by molar-refractivity contribution is 5.94. The van der Waals surface area contributed by atoms with E-state index in [0.29, 0.717) is 23.4 Å². The van der Waals surface area contributed by atoms with E-state index in [2.05, 4.69) is 5.16 Å². The zero-order valence-electron chi connectivity index (χ0n) is 12.1. The Morgan fingerprint density at radius 2 is 2.19 bits per heavy atom. The molecule has 0 spiro atoms. The lowest BCUT2D eigenvalue weighted by Gasteiger charge is -2.22. The Hall–Kier alpha value is -2.17. The second-order valence-corrected chi connectivity index (χ2v) is 5.49. The molecule has 0 bridgehead atoms. The highest BCUT2D eigenvalue weighted by Crippen LogP contribution is 2.33. The normalized spacial score (nSPS) is 18.2. The minimum atomic E-state index is -0.355. The number of benzene rings is 1. The molecule has 1 saturated heterocycles. The van der Waals surface area contributed by atoms with E-state index in [-0.39, 0.29) is 17.8 Å². The summed E-state index contributed by atoms with van der Waals surface area (Å²) in [5.41, 5.74) is 1.71. The number of nitrogens with zero attached hydrogens (tertiary/aromatic N) is 2. The van der Waals surface area contributed by atoms with Crippen LogP contribution >= 0.6 is 0 Å². The molecule has 0 saturated carbocycles. The molecule has 0 aliphatic carbocycles. The van der Waals surface area contributed by atoms with E-state index in [1.807, 2.05) is 13.0 Å². The Balaban J connectivity index is 1.87. The van der Waals surface area contributed by atoms with E-state index in [9.17, 15) is 9.18 Å². The summed E-state index contributed by atoms with van der Waals surface area (Å²) >= 11 is 0. The fraction of sp³-hybridized carbons (Fsp3) is 0.375. The van der Waals surface area contributed by atoms with Gasteiger partial charge in [0.15, 0.2) is 5.76 Å². The van der Waals surface area contributed by atoms with Crippen molar-refractivity contribution in [1.29, 1.82) is 0 Å². The predicted molar refractivity (Wildman–Crippen MR) is 75.4 cm³/mol. The molecular weight excluding hydrogens is 271 g/mol. The summed E-state index contributed by atoms with van der Waals surface area (Å²) in [6, 6.07) is 6.35. The van der Waals surface area contributed by atoms with E-state index in [1.54, 1.807) is 24.0 Å². The summed E-state index contributed by atoms with van der Waals surface area (Å²) in [4.78, 5) is 14.3. The molecule has 2 heterocycles. The molecule has 1 fully saturated rings. The first-order chi connectivity index (χ1) is 10.1. The fourth-order valence-electron chi connectivity index (χ4n) is 2.74. The number of carbonyl (C=O) groups is 1. The number of likely N-dealkylation sites (tertiary alicyclic amines) is 1. The van der Waals surface area contributed by atoms with Gasteiger partial charge < -0.3 is 9.42 Å². The third kappa shape index (κ3) is 2.55. The first-order valence-electron chi connectivity index (χ1n) is 7.06. The maximum absolute atomic E-state index is 13.7. The molecular formula is C16H17FN2O2. The van der Waals surface area contributed by atoms with Crippen LogP contribution in [0.15, 0.2) is 28.8 Å². The number of carbonyl (C=O) groups excluding carboxylic acids is 1. The van der Waals surface area contributed by atoms with Gasteiger partial charge in [-0.15, -0.1) is 0 Å². The predicted octanol–water partition coefficient (Wildman–Crippen LogP) is 3.41. The number of halogens is 1. The molecule has 1 aromatic carbocycles. The van der Waals surface area contributed by atoms with Crippen LogP contribution in [0.25, 0.3) is 0 Å². The number of rotatable bonds is 2. The lowest BCUT2D eigenvalue weighted by Crippen LogP contribution is -2.30. The van der Waals surface area contributed by atoms with Gasteiger partial charge >= 0.3 is 0 Å². The van der Waals surface area contributed by atoms with Gasteiger partial charge in [-0.1, -0.05) is 11.2 Å². The lowest BCUT2D eigenvalue weighted by atomic mass is 10.1. The Labute approximate surface area is 122 Å². The molecule has 1 atom stereocenters. The molecule has 1 unspecified atom stereocenters. The molecule has 1 aliphatic rings. The highest BCUT2D eigenvalue weighted by Gasteiger charge is 2.33. The van der Waals surface area contributed by atoms with Crippen molar-refractivity contribution in [2.45, 2.75) is 32.7 Å². The van der Waals surface area contributed by atoms with Gasteiger partial charge in [0.05, 0.1) is 11.7 Å². The van der Waals surface area contributed by atoms with Gasteiger partial charge in [-0.05, 0) is 44.4 Å². The second kappa shape index (κ2) is 5.31. The number of amides is 1. The molecule has 1 aliphatic heterocycles. The van der Waals surface area contributed by atoms with Gasteiger partial charge in [0, 0.05) is 18.2 Å². The summed E-state index contributed by atoms with van der Waals surface area (Å²) in [5.74, 6) is 0.184. The number of aromatic nitrogens is 1. The Bertz CT molecular complexity index is 681. The minimum absolute atomic E-state index is 0.108. The third-order valence-electron chi connectivity index (χ3n) is 3.91. The SMILES string of the molecule is Cc1cc(C2CCCN2C(=O)c2ccc(C)c(F)c2)on1. The van der Waals surface area contributed by atoms with Crippen molar-refractivity contribution in [1.82, 2.24) is 10.1 Å². The minimum Gasteiger partial charge on any atom is -0.359 e. The topological polar surface area (TPSA) is 46.3 Å².